The second kappa shape index (κ2) is 5.54. The second-order valence-corrected chi connectivity index (χ2v) is 4.17. The first-order valence-corrected chi connectivity index (χ1v) is 5.49. The van der Waals surface area contributed by atoms with Crippen LogP contribution in [-0.4, -0.2) is 19.1 Å². The number of ether oxygens (including phenoxy) is 1. The van der Waals surface area contributed by atoms with Crippen molar-refractivity contribution in [3.8, 4) is 0 Å². The molecule has 1 atom stereocenters. The Bertz CT molecular complexity index is 361. The molecule has 3 nitrogen and oxygen atoms in total. The van der Waals surface area contributed by atoms with E-state index in [1.165, 1.54) is 12.7 Å². The lowest BCUT2D eigenvalue weighted by atomic mass is 10.0. The van der Waals surface area contributed by atoms with Crippen molar-refractivity contribution in [2.24, 2.45) is 0 Å². The minimum Gasteiger partial charge on any atom is -0.467 e. The molecule has 88 valence electrons. The minimum absolute atomic E-state index is 0.255. The normalized spacial score (nSPS) is 12.3. The summed E-state index contributed by atoms with van der Waals surface area (Å²) in [5.41, 5.74) is 2.20. The highest BCUT2D eigenvalue weighted by Crippen LogP contribution is 2.19. The summed E-state index contributed by atoms with van der Waals surface area (Å²) in [5, 5.41) is 3.11. The van der Waals surface area contributed by atoms with Crippen LogP contribution in [0.1, 0.15) is 32.3 Å². The zero-order valence-electron chi connectivity index (χ0n) is 10.3. The standard InChI is InChI=1S/C13H19NO2/c1-9(2)11-6-5-7-12(8-11)14-10(3)13(15)16-4/h5-10,14H,1-4H3. The average molecular weight is 221 g/mol. The Morgan fingerprint density at radius 2 is 2.00 bits per heavy atom. The fourth-order valence-corrected chi connectivity index (χ4v) is 1.47. The summed E-state index contributed by atoms with van der Waals surface area (Å²) in [5.74, 6) is 0.227. The lowest BCUT2D eigenvalue weighted by molar-refractivity contribution is -0.141. The van der Waals surface area contributed by atoms with Gasteiger partial charge in [-0.05, 0) is 30.5 Å². The maximum atomic E-state index is 11.3. The lowest BCUT2D eigenvalue weighted by Gasteiger charge is -2.14. The summed E-state index contributed by atoms with van der Waals surface area (Å²) < 4.78 is 4.66. The van der Waals surface area contributed by atoms with Gasteiger partial charge in [-0.2, -0.15) is 0 Å². The van der Waals surface area contributed by atoms with E-state index in [9.17, 15) is 4.79 Å². The Morgan fingerprint density at radius 3 is 2.56 bits per heavy atom. The number of carbonyl (C=O) groups is 1. The molecular formula is C13H19NO2. The summed E-state index contributed by atoms with van der Waals surface area (Å²) in [4.78, 5) is 11.3. The van der Waals surface area contributed by atoms with Gasteiger partial charge in [0, 0.05) is 5.69 Å². The molecule has 0 bridgehead atoms. The smallest absolute Gasteiger partial charge is 0.327 e. The molecule has 0 heterocycles. The Kier molecular flexibility index (Phi) is 4.35. The van der Waals surface area contributed by atoms with Crippen molar-refractivity contribution >= 4 is 11.7 Å². The number of nitrogens with one attached hydrogen (secondary N) is 1. The Balaban J connectivity index is 2.74. The number of rotatable bonds is 4. The van der Waals surface area contributed by atoms with Crippen molar-refractivity contribution in [1.29, 1.82) is 0 Å². The van der Waals surface area contributed by atoms with Crippen LogP contribution in [0.3, 0.4) is 0 Å². The monoisotopic (exact) mass is 221 g/mol. The quantitative estimate of drug-likeness (QED) is 0.794. The van der Waals surface area contributed by atoms with Gasteiger partial charge < -0.3 is 10.1 Å². The third kappa shape index (κ3) is 3.26. The zero-order chi connectivity index (χ0) is 12.1. The summed E-state index contributed by atoms with van der Waals surface area (Å²) >= 11 is 0. The molecule has 1 unspecified atom stereocenters. The van der Waals surface area contributed by atoms with E-state index in [0.717, 1.165) is 5.69 Å². The molecule has 1 aromatic rings. The van der Waals surface area contributed by atoms with Crippen LogP contribution < -0.4 is 5.32 Å². The second-order valence-electron chi connectivity index (χ2n) is 4.17. The van der Waals surface area contributed by atoms with Gasteiger partial charge in [-0.25, -0.2) is 4.79 Å². The van der Waals surface area contributed by atoms with E-state index >= 15 is 0 Å². The maximum Gasteiger partial charge on any atom is 0.327 e. The van der Waals surface area contributed by atoms with E-state index < -0.39 is 0 Å². The van der Waals surface area contributed by atoms with E-state index in [1.54, 1.807) is 6.92 Å². The highest BCUT2D eigenvalue weighted by Gasteiger charge is 2.12. The molecule has 1 N–H and O–H groups in total. The van der Waals surface area contributed by atoms with Crippen molar-refractivity contribution in [1.82, 2.24) is 0 Å². The van der Waals surface area contributed by atoms with Crippen molar-refractivity contribution in [3.05, 3.63) is 29.8 Å². The van der Waals surface area contributed by atoms with E-state index in [-0.39, 0.29) is 12.0 Å². The SMILES string of the molecule is COC(=O)C(C)Nc1cccc(C(C)C)c1. The van der Waals surface area contributed by atoms with Gasteiger partial charge in [-0.1, -0.05) is 26.0 Å². The van der Waals surface area contributed by atoms with E-state index in [4.69, 9.17) is 0 Å². The van der Waals surface area contributed by atoms with Crippen LogP contribution in [0, 0.1) is 0 Å². The molecule has 1 rings (SSSR count). The van der Waals surface area contributed by atoms with Gasteiger partial charge in [-0.15, -0.1) is 0 Å². The van der Waals surface area contributed by atoms with Crippen molar-refractivity contribution in [2.75, 3.05) is 12.4 Å². The number of anilines is 1. The number of hydrogen-bond acceptors (Lipinski definition) is 3. The Labute approximate surface area is 96.8 Å². The molecule has 0 radical (unpaired) electrons. The number of esters is 1. The zero-order valence-corrected chi connectivity index (χ0v) is 10.3. The van der Waals surface area contributed by atoms with Crippen LogP contribution in [0.25, 0.3) is 0 Å². The number of methoxy groups -OCH3 is 1. The highest BCUT2D eigenvalue weighted by molar-refractivity contribution is 5.78. The van der Waals surface area contributed by atoms with Gasteiger partial charge in [0.05, 0.1) is 7.11 Å². The number of carbonyl (C=O) groups excluding carboxylic acids is 1. The Morgan fingerprint density at radius 1 is 1.31 bits per heavy atom. The fourth-order valence-electron chi connectivity index (χ4n) is 1.47. The van der Waals surface area contributed by atoms with Crippen molar-refractivity contribution in [2.45, 2.75) is 32.7 Å². The Hall–Kier alpha value is -1.51. The first kappa shape index (κ1) is 12.6. The molecule has 0 aliphatic rings. The van der Waals surface area contributed by atoms with Gasteiger partial charge in [0.25, 0.3) is 0 Å². The van der Waals surface area contributed by atoms with Gasteiger partial charge in [0.2, 0.25) is 0 Å². The minimum atomic E-state index is -0.326. The van der Waals surface area contributed by atoms with Crippen molar-refractivity contribution < 1.29 is 9.53 Å². The molecule has 16 heavy (non-hydrogen) atoms. The van der Waals surface area contributed by atoms with Crippen LogP contribution in [0.15, 0.2) is 24.3 Å². The molecular weight excluding hydrogens is 202 g/mol. The predicted molar refractivity (Wildman–Crippen MR) is 65.6 cm³/mol. The fraction of sp³-hybridized carbons (Fsp3) is 0.462. The largest absolute Gasteiger partial charge is 0.467 e. The topological polar surface area (TPSA) is 38.3 Å². The summed E-state index contributed by atoms with van der Waals surface area (Å²) in [6.45, 7) is 6.07. The molecule has 0 aliphatic heterocycles. The van der Waals surface area contributed by atoms with Gasteiger partial charge in [-0.3, -0.25) is 0 Å². The number of benzene rings is 1. The van der Waals surface area contributed by atoms with Crippen LogP contribution in [-0.2, 0) is 9.53 Å². The van der Waals surface area contributed by atoms with Crippen molar-refractivity contribution in [3.63, 3.8) is 0 Å². The van der Waals surface area contributed by atoms with Gasteiger partial charge >= 0.3 is 5.97 Å². The molecule has 0 aromatic heterocycles. The van der Waals surface area contributed by atoms with Crippen LogP contribution in [0.5, 0.6) is 0 Å². The number of hydrogen-bond donors (Lipinski definition) is 1. The maximum absolute atomic E-state index is 11.3. The molecule has 0 spiro atoms. The summed E-state index contributed by atoms with van der Waals surface area (Å²) in [6.07, 6.45) is 0. The molecule has 0 fully saturated rings. The average Bonchev–Trinajstić information content (AvgIpc) is 2.28. The van der Waals surface area contributed by atoms with Gasteiger partial charge in [0.1, 0.15) is 6.04 Å². The van der Waals surface area contributed by atoms with Crippen LogP contribution in [0.2, 0.25) is 0 Å². The van der Waals surface area contributed by atoms with Crippen LogP contribution >= 0.6 is 0 Å². The molecule has 0 amide bonds. The first-order chi connectivity index (χ1) is 7.54. The molecule has 3 heteroatoms. The summed E-state index contributed by atoms with van der Waals surface area (Å²) in [6, 6.07) is 7.75. The van der Waals surface area contributed by atoms with E-state index in [1.807, 2.05) is 12.1 Å². The first-order valence-electron chi connectivity index (χ1n) is 5.49. The van der Waals surface area contributed by atoms with Crippen LogP contribution in [0.4, 0.5) is 5.69 Å². The third-order valence-electron chi connectivity index (χ3n) is 2.49. The van der Waals surface area contributed by atoms with E-state index in [0.29, 0.717) is 5.92 Å². The molecule has 0 saturated carbocycles. The molecule has 1 aromatic carbocycles. The third-order valence-corrected chi connectivity index (χ3v) is 2.49. The lowest BCUT2D eigenvalue weighted by Crippen LogP contribution is -2.27. The van der Waals surface area contributed by atoms with E-state index in [2.05, 4.69) is 36.0 Å². The van der Waals surface area contributed by atoms with Gasteiger partial charge in [0.15, 0.2) is 0 Å². The summed E-state index contributed by atoms with van der Waals surface area (Å²) in [7, 11) is 1.39. The molecule has 0 saturated heterocycles. The molecule has 0 aliphatic carbocycles. The highest BCUT2D eigenvalue weighted by atomic mass is 16.5. The predicted octanol–water partition coefficient (Wildman–Crippen LogP) is 2.78.